The van der Waals surface area contributed by atoms with Gasteiger partial charge in [-0.1, -0.05) is 36.4 Å². The molecule has 0 saturated carbocycles. The van der Waals surface area contributed by atoms with E-state index in [0.29, 0.717) is 0 Å². The fraction of sp³-hybridized carbons (Fsp3) is 0. The molecule has 0 unspecified atom stereocenters. The number of fused-ring (bicyclic) bond motifs is 2. The average molecular weight is 245 g/mol. The first-order chi connectivity index (χ1) is 6.93. The van der Waals surface area contributed by atoms with Gasteiger partial charge in [0.15, 0.2) is 0 Å². The summed E-state index contributed by atoms with van der Waals surface area (Å²) in [6.07, 6.45) is 0. The Morgan fingerprint density at radius 2 is 1.13 bits per heavy atom. The van der Waals surface area contributed by atoms with Crippen LogP contribution in [-0.4, -0.2) is 4.98 Å². The van der Waals surface area contributed by atoms with Crippen molar-refractivity contribution in [2.24, 2.45) is 0 Å². The number of nitrogens with zero attached hydrogens (tertiary/aromatic N) is 1. The molecule has 0 saturated heterocycles. The third-order valence-electron chi connectivity index (χ3n) is 2.43. The maximum atomic E-state index is 4.58. The summed E-state index contributed by atoms with van der Waals surface area (Å²) in [5.41, 5.74) is 2.12. The van der Waals surface area contributed by atoms with Crippen molar-refractivity contribution in [3.63, 3.8) is 0 Å². The van der Waals surface area contributed by atoms with Gasteiger partial charge in [0.2, 0.25) is 0 Å². The Morgan fingerprint density at radius 1 is 0.667 bits per heavy atom. The number of para-hydroxylation sites is 2. The monoisotopic (exact) mass is 243 g/mol. The molecule has 1 aromatic heterocycles. The molecular weight excluding hydrogens is 236 g/mol. The van der Waals surface area contributed by atoms with Crippen molar-refractivity contribution >= 4 is 21.8 Å². The average Bonchev–Trinajstić information content (AvgIpc) is 2.26. The van der Waals surface area contributed by atoms with E-state index in [-0.39, 0.29) is 19.5 Å². The van der Waals surface area contributed by atoms with Crippen molar-refractivity contribution in [3.8, 4) is 0 Å². The van der Waals surface area contributed by atoms with Gasteiger partial charge in [-0.15, -0.1) is 0 Å². The molecule has 0 N–H and O–H groups in total. The third-order valence-corrected chi connectivity index (χ3v) is 2.43. The molecule has 0 radical (unpaired) electrons. The molecule has 0 fully saturated rings. The van der Waals surface area contributed by atoms with Gasteiger partial charge >= 0.3 is 0 Å². The van der Waals surface area contributed by atoms with E-state index in [1.54, 1.807) is 0 Å². The van der Waals surface area contributed by atoms with Gasteiger partial charge in [-0.3, -0.25) is 0 Å². The summed E-state index contributed by atoms with van der Waals surface area (Å²) in [4.78, 5) is 4.58. The second kappa shape index (κ2) is 4.08. The van der Waals surface area contributed by atoms with Gasteiger partial charge in [0.05, 0.1) is 11.0 Å². The van der Waals surface area contributed by atoms with Crippen LogP contribution in [0.25, 0.3) is 21.8 Å². The molecule has 68 valence electrons. The maximum absolute atomic E-state index is 4.58. The van der Waals surface area contributed by atoms with Crippen molar-refractivity contribution in [2.75, 3.05) is 0 Å². The molecule has 2 aromatic carbocycles. The second-order valence-electron chi connectivity index (χ2n) is 3.37. The molecule has 2 heteroatoms. The number of hydrogen-bond donors (Lipinski definition) is 0. The number of aromatic nitrogens is 1. The van der Waals surface area contributed by atoms with Crippen molar-refractivity contribution in [3.05, 3.63) is 54.6 Å². The van der Waals surface area contributed by atoms with Crippen LogP contribution < -0.4 is 0 Å². The zero-order valence-corrected chi connectivity index (χ0v) is 11.3. The maximum Gasteiger partial charge on any atom is 0.0709 e. The summed E-state index contributed by atoms with van der Waals surface area (Å²) >= 11 is 0. The van der Waals surface area contributed by atoms with Gasteiger partial charge in [0.1, 0.15) is 0 Å². The Labute approximate surface area is 101 Å². The number of benzene rings is 2. The molecule has 0 spiro atoms. The fourth-order valence-corrected chi connectivity index (χ4v) is 1.72. The van der Waals surface area contributed by atoms with Crippen LogP contribution in [0.2, 0.25) is 0 Å². The van der Waals surface area contributed by atoms with Crippen LogP contribution in [0.4, 0.5) is 0 Å². The third kappa shape index (κ3) is 1.78. The first kappa shape index (κ1) is 10.3. The van der Waals surface area contributed by atoms with Crippen LogP contribution in [0.3, 0.4) is 0 Å². The minimum Gasteiger partial charge on any atom is -0.248 e. The van der Waals surface area contributed by atoms with Crippen molar-refractivity contribution < 1.29 is 19.5 Å². The fourth-order valence-electron chi connectivity index (χ4n) is 1.72. The summed E-state index contributed by atoms with van der Waals surface area (Å²) in [5.74, 6) is 0. The van der Waals surface area contributed by atoms with Crippen LogP contribution in [0, 0.1) is 0 Å². The van der Waals surface area contributed by atoms with E-state index < -0.39 is 0 Å². The molecule has 15 heavy (non-hydrogen) atoms. The number of rotatable bonds is 0. The SMILES string of the molecule is [Zn].c1ccc2nc3ccccc3cc2c1. The van der Waals surface area contributed by atoms with E-state index in [0.717, 1.165) is 11.0 Å². The predicted octanol–water partition coefficient (Wildman–Crippen LogP) is 3.39. The topological polar surface area (TPSA) is 12.9 Å². The number of hydrogen-bond acceptors (Lipinski definition) is 1. The molecule has 1 heterocycles. The Bertz CT molecular complexity index is 499. The molecule has 3 aromatic rings. The first-order valence-corrected chi connectivity index (χ1v) is 4.68. The van der Waals surface area contributed by atoms with Crippen LogP contribution in [-0.2, 0) is 19.5 Å². The summed E-state index contributed by atoms with van der Waals surface area (Å²) in [5, 5.41) is 2.40. The van der Waals surface area contributed by atoms with E-state index in [9.17, 15) is 0 Å². The van der Waals surface area contributed by atoms with Crippen LogP contribution in [0.1, 0.15) is 0 Å². The Hall–Kier alpha value is -1.27. The Balaban J connectivity index is 0.000000853. The van der Waals surface area contributed by atoms with Gasteiger partial charge in [-0.2, -0.15) is 0 Å². The molecule has 0 aliphatic carbocycles. The molecule has 0 atom stereocenters. The van der Waals surface area contributed by atoms with Gasteiger partial charge in [0, 0.05) is 30.3 Å². The molecule has 0 amide bonds. The molecule has 1 nitrogen and oxygen atoms in total. The van der Waals surface area contributed by atoms with E-state index >= 15 is 0 Å². The quantitative estimate of drug-likeness (QED) is 0.436. The molecule has 0 bridgehead atoms. The van der Waals surface area contributed by atoms with Crippen molar-refractivity contribution in [2.45, 2.75) is 0 Å². The molecule has 0 aliphatic heterocycles. The summed E-state index contributed by atoms with van der Waals surface area (Å²) in [7, 11) is 0. The van der Waals surface area contributed by atoms with Gasteiger partial charge in [0.25, 0.3) is 0 Å². The van der Waals surface area contributed by atoms with Gasteiger partial charge in [-0.25, -0.2) is 4.98 Å². The van der Waals surface area contributed by atoms with Crippen molar-refractivity contribution in [1.29, 1.82) is 0 Å². The van der Waals surface area contributed by atoms with Gasteiger partial charge in [-0.05, 0) is 18.2 Å². The first-order valence-electron chi connectivity index (χ1n) is 4.68. The summed E-state index contributed by atoms with van der Waals surface area (Å²) in [6.45, 7) is 0. The predicted molar refractivity (Wildman–Crippen MR) is 59.2 cm³/mol. The van der Waals surface area contributed by atoms with E-state index in [4.69, 9.17) is 0 Å². The largest absolute Gasteiger partial charge is 0.248 e. The van der Waals surface area contributed by atoms with Crippen LogP contribution in [0.5, 0.6) is 0 Å². The summed E-state index contributed by atoms with van der Waals surface area (Å²) < 4.78 is 0. The molecule has 3 rings (SSSR count). The van der Waals surface area contributed by atoms with E-state index in [2.05, 4.69) is 23.2 Å². The zero-order chi connectivity index (χ0) is 9.38. The second-order valence-corrected chi connectivity index (χ2v) is 3.37. The Morgan fingerprint density at radius 3 is 1.67 bits per heavy atom. The zero-order valence-electron chi connectivity index (χ0n) is 8.35. The minimum atomic E-state index is 0. The molecular formula is C13H9NZn. The number of pyridine rings is 1. The van der Waals surface area contributed by atoms with Crippen molar-refractivity contribution in [1.82, 2.24) is 4.98 Å². The van der Waals surface area contributed by atoms with Crippen LogP contribution >= 0.6 is 0 Å². The van der Waals surface area contributed by atoms with Crippen LogP contribution in [0.15, 0.2) is 54.6 Å². The molecule has 0 aliphatic rings. The van der Waals surface area contributed by atoms with E-state index in [1.165, 1.54) is 10.8 Å². The smallest absolute Gasteiger partial charge is 0.0709 e. The minimum absolute atomic E-state index is 0. The van der Waals surface area contributed by atoms with Gasteiger partial charge < -0.3 is 0 Å². The standard InChI is InChI=1S/C13H9N.Zn/c1-3-7-12-10(5-1)9-11-6-2-4-8-13(11)14-12;/h1-9H;. The normalized spacial score (nSPS) is 10.1. The summed E-state index contributed by atoms with van der Waals surface area (Å²) in [6, 6.07) is 18.6. The van der Waals surface area contributed by atoms with E-state index in [1.807, 2.05) is 36.4 Å². The Kier molecular flexibility index (Phi) is 2.79.